The highest BCUT2D eigenvalue weighted by Gasteiger charge is 2.20. The SMILES string of the molecule is O=C(CSc1ccc(F)c(F)c1)NC(CN1CCOCC1)c1ccccc1. The molecule has 0 bridgehead atoms. The molecule has 1 N–H and O–H groups in total. The van der Waals surface area contributed by atoms with E-state index in [1.54, 1.807) is 0 Å². The largest absolute Gasteiger partial charge is 0.379 e. The van der Waals surface area contributed by atoms with E-state index in [4.69, 9.17) is 4.74 Å². The first-order valence-corrected chi connectivity index (χ1v) is 9.82. The van der Waals surface area contributed by atoms with Gasteiger partial charge in [0, 0.05) is 24.5 Å². The molecule has 3 rings (SSSR count). The first-order chi connectivity index (χ1) is 13.1. The molecule has 1 saturated heterocycles. The van der Waals surface area contributed by atoms with Crippen LogP contribution in [0.2, 0.25) is 0 Å². The molecule has 1 heterocycles. The van der Waals surface area contributed by atoms with E-state index in [2.05, 4.69) is 10.2 Å². The highest BCUT2D eigenvalue weighted by molar-refractivity contribution is 8.00. The van der Waals surface area contributed by atoms with E-state index in [0.717, 1.165) is 30.8 Å². The molecular formula is C20H22F2N2O2S. The molecular weight excluding hydrogens is 370 g/mol. The summed E-state index contributed by atoms with van der Waals surface area (Å²) in [5.41, 5.74) is 1.04. The van der Waals surface area contributed by atoms with E-state index >= 15 is 0 Å². The summed E-state index contributed by atoms with van der Waals surface area (Å²) in [5, 5.41) is 3.07. The number of carbonyl (C=O) groups excluding carboxylic acids is 1. The van der Waals surface area contributed by atoms with E-state index < -0.39 is 11.6 Å². The Morgan fingerprint density at radius 2 is 1.85 bits per heavy atom. The topological polar surface area (TPSA) is 41.6 Å². The summed E-state index contributed by atoms with van der Waals surface area (Å²) >= 11 is 1.18. The molecule has 2 aromatic rings. The summed E-state index contributed by atoms with van der Waals surface area (Å²) in [6, 6.07) is 13.3. The van der Waals surface area contributed by atoms with Gasteiger partial charge in [-0.1, -0.05) is 30.3 Å². The third-order valence-electron chi connectivity index (χ3n) is 4.34. The van der Waals surface area contributed by atoms with Crippen molar-refractivity contribution < 1.29 is 18.3 Å². The molecule has 0 aromatic heterocycles. The normalized spacial score (nSPS) is 16.1. The smallest absolute Gasteiger partial charge is 0.230 e. The summed E-state index contributed by atoms with van der Waals surface area (Å²) < 4.78 is 31.7. The standard InChI is InChI=1S/C20H22F2N2O2S/c21-17-7-6-16(12-18(17)22)27-14-20(25)23-19(15-4-2-1-3-5-15)13-24-8-10-26-11-9-24/h1-7,12,19H,8-11,13-14H2,(H,23,25). The molecule has 1 aliphatic heterocycles. The minimum atomic E-state index is -0.908. The molecule has 0 aliphatic carbocycles. The predicted octanol–water partition coefficient (Wildman–Crippen LogP) is 3.25. The van der Waals surface area contributed by atoms with E-state index in [-0.39, 0.29) is 17.7 Å². The number of morpholine rings is 1. The van der Waals surface area contributed by atoms with Crippen LogP contribution in [0, 0.1) is 11.6 Å². The number of carbonyl (C=O) groups is 1. The Labute approximate surface area is 161 Å². The van der Waals surface area contributed by atoms with Gasteiger partial charge in [0.05, 0.1) is 25.0 Å². The van der Waals surface area contributed by atoms with Crippen molar-refractivity contribution in [3.05, 3.63) is 65.7 Å². The zero-order chi connectivity index (χ0) is 19.1. The lowest BCUT2D eigenvalue weighted by Crippen LogP contribution is -2.43. The number of rotatable bonds is 7. The number of benzene rings is 2. The van der Waals surface area contributed by atoms with Crippen LogP contribution in [0.4, 0.5) is 8.78 Å². The number of thioether (sulfide) groups is 1. The molecule has 0 saturated carbocycles. The molecule has 0 radical (unpaired) electrons. The highest BCUT2D eigenvalue weighted by Crippen LogP contribution is 2.21. The lowest BCUT2D eigenvalue weighted by Gasteiger charge is -2.31. The molecule has 0 spiro atoms. The van der Waals surface area contributed by atoms with Crippen LogP contribution in [-0.4, -0.2) is 49.4 Å². The van der Waals surface area contributed by atoms with Crippen LogP contribution in [0.3, 0.4) is 0 Å². The maximum absolute atomic E-state index is 13.3. The average molecular weight is 392 g/mol. The van der Waals surface area contributed by atoms with Crippen LogP contribution in [0.5, 0.6) is 0 Å². The van der Waals surface area contributed by atoms with E-state index in [1.807, 2.05) is 30.3 Å². The van der Waals surface area contributed by atoms with E-state index in [1.165, 1.54) is 17.8 Å². The fourth-order valence-electron chi connectivity index (χ4n) is 2.91. The fraction of sp³-hybridized carbons (Fsp3) is 0.350. The molecule has 2 aromatic carbocycles. The summed E-state index contributed by atoms with van der Waals surface area (Å²) in [6.45, 7) is 3.77. The molecule has 1 unspecified atom stereocenters. The van der Waals surface area contributed by atoms with Crippen LogP contribution < -0.4 is 5.32 Å². The second-order valence-electron chi connectivity index (χ2n) is 6.31. The van der Waals surface area contributed by atoms with Gasteiger partial charge in [-0.25, -0.2) is 8.78 Å². The number of hydrogen-bond acceptors (Lipinski definition) is 4. The highest BCUT2D eigenvalue weighted by atomic mass is 32.2. The Kier molecular flexibility index (Phi) is 7.20. The number of hydrogen-bond donors (Lipinski definition) is 1. The first kappa shape index (κ1) is 19.8. The number of amides is 1. The van der Waals surface area contributed by atoms with Crippen molar-refractivity contribution in [3.8, 4) is 0 Å². The van der Waals surface area contributed by atoms with Crippen LogP contribution in [-0.2, 0) is 9.53 Å². The van der Waals surface area contributed by atoms with Gasteiger partial charge in [0.2, 0.25) is 5.91 Å². The van der Waals surface area contributed by atoms with Crippen molar-refractivity contribution in [1.29, 1.82) is 0 Å². The van der Waals surface area contributed by atoms with Gasteiger partial charge in [0.15, 0.2) is 11.6 Å². The molecule has 27 heavy (non-hydrogen) atoms. The number of halogens is 2. The number of nitrogens with one attached hydrogen (secondary N) is 1. The summed E-state index contributed by atoms with van der Waals surface area (Å²) in [4.78, 5) is 15.2. The Morgan fingerprint density at radius 1 is 1.11 bits per heavy atom. The van der Waals surface area contributed by atoms with Gasteiger partial charge in [0.25, 0.3) is 0 Å². The molecule has 144 valence electrons. The summed E-state index contributed by atoms with van der Waals surface area (Å²) in [5.74, 6) is -1.81. The number of nitrogens with zero attached hydrogens (tertiary/aromatic N) is 1. The zero-order valence-corrected chi connectivity index (χ0v) is 15.7. The molecule has 1 aliphatic rings. The Bertz CT molecular complexity index is 755. The van der Waals surface area contributed by atoms with Crippen molar-refractivity contribution in [2.45, 2.75) is 10.9 Å². The molecule has 7 heteroatoms. The zero-order valence-electron chi connectivity index (χ0n) is 14.9. The van der Waals surface area contributed by atoms with Crippen LogP contribution in [0.1, 0.15) is 11.6 Å². The van der Waals surface area contributed by atoms with Crippen molar-refractivity contribution in [3.63, 3.8) is 0 Å². The molecule has 1 fully saturated rings. The van der Waals surface area contributed by atoms with Crippen molar-refractivity contribution in [2.75, 3.05) is 38.6 Å². The monoisotopic (exact) mass is 392 g/mol. The van der Waals surface area contributed by atoms with Gasteiger partial charge in [-0.05, 0) is 23.8 Å². The Morgan fingerprint density at radius 3 is 2.56 bits per heavy atom. The lowest BCUT2D eigenvalue weighted by atomic mass is 10.1. The van der Waals surface area contributed by atoms with Crippen molar-refractivity contribution in [2.24, 2.45) is 0 Å². The third kappa shape index (κ3) is 6.02. The van der Waals surface area contributed by atoms with E-state index in [9.17, 15) is 13.6 Å². The van der Waals surface area contributed by atoms with Gasteiger partial charge in [-0.2, -0.15) is 0 Å². The van der Waals surface area contributed by atoms with Gasteiger partial charge >= 0.3 is 0 Å². The van der Waals surface area contributed by atoms with Crippen LogP contribution in [0.15, 0.2) is 53.4 Å². The maximum Gasteiger partial charge on any atom is 0.230 e. The number of ether oxygens (including phenoxy) is 1. The molecule has 4 nitrogen and oxygen atoms in total. The molecule has 1 amide bonds. The maximum atomic E-state index is 13.3. The fourth-order valence-corrected chi connectivity index (χ4v) is 3.65. The molecule has 1 atom stereocenters. The Balaban J connectivity index is 1.60. The van der Waals surface area contributed by atoms with Crippen LogP contribution >= 0.6 is 11.8 Å². The summed E-state index contributed by atoms with van der Waals surface area (Å²) in [7, 11) is 0. The van der Waals surface area contributed by atoms with Gasteiger partial charge in [-0.3, -0.25) is 9.69 Å². The average Bonchev–Trinajstić information content (AvgIpc) is 2.70. The van der Waals surface area contributed by atoms with Crippen molar-refractivity contribution in [1.82, 2.24) is 10.2 Å². The predicted molar refractivity (Wildman–Crippen MR) is 102 cm³/mol. The third-order valence-corrected chi connectivity index (χ3v) is 5.34. The Hall–Kier alpha value is -1.96. The first-order valence-electron chi connectivity index (χ1n) is 8.84. The second kappa shape index (κ2) is 9.82. The minimum Gasteiger partial charge on any atom is -0.379 e. The summed E-state index contributed by atoms with van der Waals surface area (Å²) in [6.07, 6.45) is 0. The van der Waals surface area contributed by atoms with Gasteiger partial charge in [-0.15, -0.1) is 11.8 Å². The second-order valence-corrected chi connectivity index (χ2v) is 7.36. The van der Waals surface area contributed by atoms with E-state index in [0.29, 0.717) is 24.7 Å². The lowest BCUT2D eigenvalue weighted by molar-refractivity contribution is -0.119. The van der Waals surface area contributed by atoms with Gasteiger partial charge < -0.3 is 10.1 Å². The quantitative estimate of drug-likeness (QED) is 0.735. The van der Waals surface area contributed by atoms with Crippen LogP contribution in [0.25, 0.3) is 0 Å². The van der Waals surface area contributed by atoms with Crippen molar-refractivity contribution >= 4 is 17.7 Å². The minimum absolute atomic E-state index is 0.136. The van der Waals surface area contributed by atoms with Gasteiger partial charge in [0.1, 0.15) is 0 Å².